The number of nitrogens with two attached hydrogens (primary N) is 1. The number of nitrogens with zero attached hydrogens (tertiary/aromatic N) is 8. The average molecular weight is 568 g/mol. The van der Waals surface area contributed by atoms with Gasteiger partial charge in [0.15, 0.2) is 11.6 Å². The molecule has 1 saturated heterocycles. The van der Waals surface area contributed by atoms with Gasteiger partial charge in [0, 0.05) is 54.6 Å². The van der Waals surface area contributed by atoms with Crippen molar-refractivity contribution in [2.45, 2.75) is 31.0 Å². The zero-order valence-corrected chi connectivity index (χ0v) is 23.0. The highest BCUT2D eigenvalue weighted by atomic mass is 19.1. The molecule has 11 nitrogen and oxygen atoms in total. The van der Waals surface area contributed by atoms with Crippen LogP contribution in [0.1, 0.15) is 36.3 Å². The highest BCUT2D eigenvalue weighted by Gasteiger charge is 2.29. The van der Waals surface area contributed by atoms with Crippen LogP contribution in [-0.4, -0.2) is 71.9 Å². The van der Waals surface area contributed by atoms with Crippen LogP contribution in [0.25, 0.3) is 22.2 Å². The third-order valence-electron chi connectivity index (χ3n) is 8.17. The molecule has 3 atom stereocenters. The number of rotatable bonds is 6. The summed E-state index contributed by atoms with van der Waals surface area (Å²) in [5.74, 6) is 1.21. The lowest BCUT2D eigenvalue weighted by molar-refractivity contribution is 0.118. The van der Waals surface area contributed by atoms with E-state index in [2.05, 4.69) is 42.2 Å². The molecule has 5 aromatic rings. The summed E-state index contributed by atoms with van der Waals surface area (Å²) in [4.78, 5) is 16.1. The Hall–Kier alpha value is -4.52. The summed E-state index contributed by atoms with van der Waals surface area (Å²) < 4.78 is 22.4. The maximum absolute atomic E-state index is 13.4. The van der Waals surface area contributed by atoms with Gasteiger partial charge in [-0.2, -0.15) is 10.2 Å². The first-order valence-electron chi connectivity index (χ1n) is 13.8. The summed E-state index contributed by atoms with van der Waals surface area (Å²) in [7, 11) is 0. The predicted molar refractivity (Wildman–Crippen MR) is 154 cm³/mol. The summed E-state index contributed by atoms with van der Waals surface area (Å²) in [5.41, 5.74) is 11.1. The molecule has 0 radical (unpaired) electrons. The fourth-order valence-electron chi connectivity index (χ4n) is 5.56. The molecule has 0 unspecified atom stereocenters. The molecule has 42 heavy (non-hydrogen) atoms. The number of benzene rings is 1. The van der Waals surface area contributed by atoms with Crippen molar-refractivity contribution in [1.29, 1.82) is 0 Å². The Morgan fingerprint density at radius 1 is 1.00 bits per heavy atom. The van der Waals surface area contributed by atoms with E-state index in [1.54, 1.807) is 41.7 Å². The molecule has 0 amide bonds. The Balaban J connectivity index is 1.08. The van der Waals surface area contributed by atoms with Crippen LogP contribution in [0, 0.1) is 5.82 Å². The molecule has 0 saturated carbocycles. The van der Waals surface area contributed by atoms with Crippen molar-refractivity contribution in [3.63, 3.8) is 0 Å². The zero-order chi connectivity index (χ0) is 28.8. The van der Waals surface area contributed by atoms with Gasteiger partial charge >= 0.3 is 0 Å². The molecule has 12 heteroatoms. The Labute approximate surface area is 241 Å². The van der Waals surface area contributed by atoms with Crippen LogP contribution in [0.2, 0.25) is 0 Å². The van der Waals surface area contributed by atoms with Gasteiger partial charge < -0.3 is 20.5 Å². The lowest BCUT2D eigenvalue weighted by Crippen LogP contribution is -2.34. The van der Waals surface area contributed by atoms with Crippen LogP contribution in [-0.2, 0) is 10.3 Å². The molecule has 214 valence electrons. The number of halogens is 1. The van der Waals surface area contributed by atoms with E-state index < -0.39 is 11.6 Å². The van der Waals surface area contributed by atoms with Crippen molar-refractivity contribution in [2.75, 3.05) is 31.2 Å². The van der Waals surface area contributed by atoms with E-state index in [4.69, 9.17) is 10.5 Å². The first-order chi connectivity index (χ1) is 20.4. The Bertz CT molecular complexity index is 1760. The normalized spacial score (nSPS) is 20.6. The number of ether oxygens (including phenoxy) is 1. The van der Waals surface area contributed by atoms with Crippen molar-refractivity contribution in [1.82, 2.24) is 34.3 Å². The van der Waals surface area contributed by atoms with Gasteiger partial charge in [-0.1, -0.05) is 18.2 Å². The van der Waals surface area contributed by atoms with Crippen molar-refractivity contribution in [2.24, 2.45) is 5.73 Å². The number of fused-ring (bicyclic) bond motifs is 1. The monoisotopic (exact) mass is 567 g/mol. The topological polar surface area (TPSA) is 133 Å². The molecule has 1 aromatic carbocycles. The molecule has 4 aromatic heterocycles. The minimum Gasteiger partial charge on any atom is -0.388 e. The second kappa shape index (κ2) is 10.4. The summed E-state index contributed by atoms with van der Waals surface area (Å²) in [6.07, 6.45) is 13.1. The Morgan fingerprint density at radius 3 is 2.52 bits per heavy atom. The average Bonchev–Trinajstić information content (AvgIpc) is 3.77. The molecular weight excluding hydrogens is 537 g/mol. The van der Waals surface area contributed by atoms with Crippen molar-refractivity contribution >= 4 is 16.9 Å². The lowest BCUT2D eigenvalue weighted by Gasteiger charge is -2.28. The second-order valence-corrected chi connectivity index (χ2v) is 11.0. The summed E-state index contributed by atoms with van der Waals surface area (Å²) in [6, 6.07) is 8.05. The van der Waals surface area contributed by atoms with Crippen molar-refractivity contribution in [3.8, 4) is 11.1 Å². The maximum atomic E-state index is 13.4. The van der Waals surface area contributed by atoms with Crippen molar-refractivity contribution in [3.05, 3.63) is 96.5 Å². The van der Waals surface area contributed by atoms with E-state index in [0.717, 1.165) is 52.1 Å². The fraction of sp³-hybridized carbons (Fsp3) is 0.300. The van der Waals surface area contributed by atoms with Gasteiger partial charge in [0.25, 0.3) is 0 Å². The van der Waals surface area contributed by atoms with Crippen LogP contribution in [0.5, 0.6) is 0 Å². The van der Waals surface area contributed by atoms with Crippen LogP contribution in [0.15, 0.2) is 73.7 Å². The highest BCUT2D eigenvalue weighted by Crippen LogP contribution is 2.31. The molecule has 2 aliphatic heterocycles. The number of aromatic nitrogens is 7. The quantitative estimate of drug-likeness (QED) is 0.318. The molecule has 6 heterocycles. The van der Waals surface area contributed by atoms with E-state index in [0.29, 0.717) is 25.6 Å². The maximum Gasteiger partial charge on any atom is 0.156 e. The number of anilines is 1. The number of aliphatic hydroxyl groups excluding tert-OH is 1. The van der Waals surface area contributed by atoms with E-state index >= 15 is 0 Å². The minimum atomic E-state index is -0.844. The third kappa shape index (κ3) is 4.73. The molecular formula is C30H30FN9O2. The molecule has 2 aliphatic rings. The Morgan fingerprint density at radius 2 is 1.81 bits per heavy atom. The molecule has 0 spiro atoms. The van der Waals surface area contributed by atoms with Crippen LogP contribution in [0.3, 0.4) is 0 Å². The molecule has 0 bridgehead atoms. The fourth-order valence-corrected chi connectivity index (χ4v) is 5.56. The smallest absolute Gasteiger partial charge is 0.156 e. The molecule has 1 fully saturated rings. The van der Waals surface area contributed by atoms with Gasteiger partial charge in [-0.15, -0.1) is 0 Å². The van der Waals surface area contributed by atoms with E-state index in [9.17, 15) is 9.50 Å². The Kier molecular flexibility index (Phi) is 6.53. The zero-order valence-electron chi connectivity index (χ0n) is 23.0. The second-order valence-electron chi connectivity index (χ2n) is 11.0. The van der Waals surface area contributed by atoms with Crippen LogP contribution < -0.4 is 10.6 Å². The first-order valence-corrected chi connectivity index (χ1v) is 13.8. The van der Waals surface area contributed by atoms with Crippen LogP contribution in [0.4, 0.5) is 10.2 Å². The van der Waals surface area contributed by atoms with Gasteiger partial charge in [0.2, 0.25) is 0 Å². The van der Waals surface area contributed by atoms with Gasteiger partial charge in [-0.05, 0) is 42.7 Å². The largest absolute Gasteiger partial charge is 0.388 e. The molecule has 0 aliphatic carbocycles. The molecule has 7 rings (SSSR count). The SMILES string of the molecule is C[C@](N)(c1ccc(F)cc1)c1cnc(C2=CCN(c3ncnn4cc(-c5cnn([C@@H]6COC[C@@H]6O)c5)cc34)CC2)nc1. The minimum absolute atomic E-state index is 0.185. The highest BCUT2D eigenvalue weighted by molar-refractivity contribution is 5.78. The first kappa shape index (κ1) is 26.4. The lowest BCUT2D eigenvalue weighted by atomic mass is 9.87. The summed E-state index contributed by atoms with van der Waals surface area (Å²) >= 11 is 0. The van der Waals surface area contributed by atoms with E-state index in [1.165, 1.54) is 12.1 Å². The van der Waals surface area contributed by atoms with E-state index in [1.807, 2.05) is 23.8 Å². The number of hydrogen-bond donors (Lipinski definition) is 2. The van der Waals surface area contributed by atoms with Gasteiger partial charge in [0.05, 0.1) is 24.9 Å². The van der Waals surface area contributed by atoms with Gasteiger partial charge in [-0.3, -0.25) is 4.68 Å². The predicted octanol–water partition coefficient (Wildman–Crippen LogP) is 2.97. The van der Waals surface area contributed by atoms with Gasteiger partial charge in [-0.25, -0.2) is 23.9 Å². The number of hydrogen-bond acceptors (Lipinski definition) is 9. The third-order valence-corrected chi connectivity index (χ3v) is 8.17. The standard InChI is InChI=1S/C30H30FN9O2/c1-30(32,22-2-4-24(31)5-3-22)23-12-33-28(34-13-23)19-6-8-38(9-7-19)29-25-10-20(14-39(25)37-18-35-29)21-11-36-40(15-21)26-16-42-17-27(26)41/h2-6,10-15,18,26-27,41H,7-9,16-17,32H2,1H3/t26-,27+,30+/m1/s1. The number of aliphatic hydroxyl groups is 1. The van der Waals surface area contributed by atoms with Gasteiger partial charge in [0.1, 0.15) is 29.8 Å². The van der Waals surface area contributed by atoms with Crippen LogP contribution >= 0.6 is 0 Å². The van der Waals surface area contributed by atoms with Crippen molar-refractivity contribution < 1.29 is 14.2 Å². The summed E-state index contributed by atoms with van der Waals surface area (Å²) in [6.45, 7) is 4.02. The summed E-state index contributed by atoms with van der Waals surface area (Å²) in [5, 5.41) is 19.0. The molecule has 3 N–H and O–H groups in total. The van der Waals surface area contributed by atoms with E-state index in [-0.39, 0.29) is 11.9 Å².